The molecule has 3 saturated heterocycles. The van der Waals surface area contributed by atoms with E-state index in [1.165, 1.54) is 16.9 Å². The summed E-state index contributed by atoms with van der Waals surface area (Å²) in [7, 11) is 0. The normalized spacial score (nSPS) is 30.8. The first-order chi connectivity index (χ1) is 18.1. The zero-order valence-electron chi connectivity index (χ0n) is 20.8. The molecule has 0 bridgehead atoms. The first kappa shape index (κ1) is 25.7. The zero-order chi connectivity index (χ0) is 27.1. The Morgan fingerprint density at radius 3 is 2.74 bits per heavy atom. The van der Waals surface area contributed by atoms with E-state index in [0.717, 1.165) is 0 Å². The highest BCUT2D eigenvalue weighted by atomic mass is 16.7. The van der Waals surface area contributed by atoms with Crippen LogP contribution in [0.3, 0.4) is 0 Å². The summed E-state index contributed by atoms with van der Waals surface area (Å²) in [6.07, 6.45) is -3.76. The number of nitrogens with two attached hydrogens (primary N) is 1. The van der Waals surface area contributed by atoms with Crippen molar-refractivity contribution >= 4 is 29.4 Å². The van der Waals surface area contributed by atoms with Gasteiger partial charge in [-0.25, -0.2) is 14.3 Å². The van der Waals surface area contributed by atoms with Gasteiger partial charge in [0.15, 0.2) is 18.0 Å². The number of aromatic nitrogens is 3. The van der Waals surface area contributed by atoms with Crippen molar-refractivity contribution in [3.63, 3.8) is 0 Å². The van der Waals surface area contributed by atoms with E-state index in [1.807, 2.05) is 0 Å². The van der Waals surface area contributed by atoms with Crippen LogP contribution in [-0.2, 0) is 43.6 Å². The first-order valence-electron chi connectivity index (χ1n) is 12.1. The fraction of sp³-hybridized carbons (Fsp3) is 0.583. The molecule has 3 aliphatic rings. The van der Waals surface area contributed by atoms with E-state index >= 15 is 0 Å². The number of carbonyl (C=O) groups is 3. The van der Waals surface area contributed by atoms with Gasteiger partial charge >= 0.3 is 18.1 Å². The molecule has 14 heteroatoms. The molecule has 202 valence electrons. The molecule has 5 heterocycles. The van der Waals surface area contributed by atoms with E-state index in [2.05, 4.69) is 16.2 Å². The third-order valence-electron chi connectivity index (χ3n) is 6.72. The molecule has 0 aliphatic carbocycles. The van der Waals surface area contributed by atoms with E-state index in [1.54, 1.807) is 19.9 Å². The highest BCUT2D eigenvalue weighted by Crippen LogP contribution is 2.45. The summed E-state index contributed by atoms with van der Waals surface area (Å²) in [5, 5.41) is 14.7. The molecule has 0 amide bonds. The third kappa shape index (κ3) is 4.70. The molecule has 1 unspecified atom stereocenters. The standard InChI is InChI=1S/C24H27N5O9/c1-23(2)7-17(30)36-19-15(10-34-22(32)35-13-5-6-33-9-13)38-24(11-25,20(19)37-18(31)8-23)16-4-3-14-21(26)27-12-28-29(14)16/h3-4,12-13,15,19-20H,5-10H2,1-2H3,(H2,26,27,28)/t13?,15-,19-,20-,24+/m1/s1. The molecule has 0 radical (unpaired) electrons. The largest absolute Gasteiger partial charge is 0.508 e. The summed E-state index contributed by atoms with van der Waals surface area (Å²) in [6, 6.07) is 5.21. The zero-order valence-corrected chi connectivity index (χ0v) is 20.8. The van der Waals surface area contributed by atoms with Gasteiger partial charge in [0.1, 0.15) is 36.7 Å². The second-order valence-electron chi connectivity index (χ2n) is 10.2. The van der Waals surface area contributed by atoms with Gasteiger partial charge in [-0.1, -0.05) is 13.8 Å². The maximum absolute atomic E-state index is 13.0. The predicted molar refractivity (Wildman–Crippen MR) is 124 cm³/mol. The van der Waals surface area contributed by atoms with Crippen LogP contribution in [0.1, 0.15) is 38.8 Å². The smallest absolute Gasteiger partial charge is 0.455 e. The van der Waals surface area contributed by atoms with Gasteiger partial charge in [-0.05, 0) is 17.5 Å². The summed E-state index contributed by atoms with van der Waals surface area (Å²) in [4.78, 5) is 42.1. The molecule has 3 aliphatic heterocycles. The molecular weight excluding hydrogens is 502 g/mol. The lowest BCUT2D eigenvalue weighted by Gasteiger charge is -2.28. The quantitative estimate of drug-likeness (QED) is 0.437. The van der Waals surface area contributed by atoms with Crippen LogP contribution in [0.15, 0.2) is 18.5 Å². The molecular formula is C24H27N5O9. The van der Waals surface area contributed by atoms with Crippen molar-refractivity contribution in [1.29, 1.82) is 5.26 Å². The van der Waals surface area contributed by atoms with Crippen LogP contribution in [-0.4, -0.2) is 76.9 Å². The summed E-state index contributed by atoms with van der Waals surface area (Å²) in [5.74, 6) is -1.13. The van der Waals surface area contributed by atoms with E-state index < -0.39 is 60.1 Å². The summed E-state index contributed by atoms with van der Waals surface area (Å²) in [6.45, 7) is 3.73. The summed E-state index contributed by atoms with van der Waals surface area (Å²) in [5.41, 5.74) is 3.75. The number of nitriles is 1. The Morgan fingerprint density at radius 2 is 2.03 bits per heavy atom. The fourth-order valence-electron chi connectivity index (χ4n) is 4.95. The number of anilines is 1. The van der Waals surface area contributed by atoms with Crippen molar-refractivity contribution in [2.75, 3.05) is 25.6 Å². The molecule has 14 nitrogen and oxygen atoms in total. The van der Waals surface area contributed by atoms with Crippen molar-refractivity contribution in [3.8, 4) is 6.07 Å². The number of nitrogens with zero attached hydrogens (tertiary/aromatic N) is 4. The van der Waals surface area contributed by atoms with Crippen molar-refractivity contribution in [2.45, 2.75) is 63.1 Å². The van der Waals surface area contributed by atoms with Gasteiger partial charge in [-0.3, -0.25) is 9.59 Å². The Balaban J connectivity index is 1.51. The lowest BCUT2D eigenvalue weighted by atomic mass is 9.86. The summed E-state index contributed by atoms with van der Waals surface area (Å²) < 4.78 is 34.7. The molecule has 3 fully saturated rings. The maximum Gasteiger partial charge on any atom is 0.508 e. The van der Waals surface area contributed by atoms with E-state index in [0.29, 0.717) is 18.5 Å². The number of ether oxygens (including phenoxy) is 6. The Morgan fingerprint density at radius 1 is 1.26 bits per heavy atom. The number of hydrogen-bond acceptors (Lipinski definition) is 13. The van der Waals surface area contributed by atoms with E-state index in [9.17, 15) is 19.6 Å². The Hall–Kier alpha value is -3.96. The number of esters is 2. The third-order valence-corrected chi connectivity index (χ3v) is 6.72. The van der Waals surface area contributed by atoms with Gasteiger partial charge in [0.2, 0.25) is 5.60 Å². The van der Waals surface area contributed by atoms with Crippen molar-refractivity contribution in [3.05, 3.63) is 24.2 Å². The van der Waals surface area contributed by atoms with Gasteiger partial charge in [0, 0.05) is 6.42 Å². The Bertz CT molecular complexity index is 1300. The van der Waals surface area contributed by atoms with Crippen molar-refractivity contribution < 1.29 is 42.8 Å². The molecule has 2 N–H and O–H groups in total. The van der Waals surface area contributed by atoms with Gasteiger partial charge in [0.05, 0.1) is 31.7 Å². The second kappa shape index (κ2) is 9.73. The first-order valence-corrected chi connectivity index (χ1v) is 12.1. The highest BCUT2D eigenvalue weighted by Gasteiger charge is 2.63. The number of nitrogen functional groups attached to an aromatic ring is 1. The number of carbonyl (C=O) groups excluding carboxylic acids is 3. The topological polar surface area (TPSA) is 187 Å². The average Bonchev–Trinajstić information content (AvgIpc) is 3.57. The van der Waals surface area contributed by atoms with Gasteiger partial charge < -0.3 is 34.2 Å². The maximum atomic E-state index is 13.0. The molecule has 5 atom stereocenters. The fourth-order valence-corrected chi connectivity index (χ4v) is 4.95. The summed E-state index contributed by atoms with van der Waals surface area (Å²) >= 11 is 0. The van der Waals surface area contributed by atoms with Crippen LogP contribution in [0.5, 0.6) is 0 Å². The second-order valence-corrected chi connectivity index (χ2v) is 10.2. The van der Waals surface area contributed by atoms with Crippen LogP contribution in [0.2, 0.25) is 0 Å². The van der Waals surface area contributed by atoms with Gasteiger partial charge in [-0.2, -0.15) is 10.4 Å². The minimum Gasteiger partial charge on any atom is -0.455 e. The molecule has 5 rings (SSSR count). The molecule has 2 aromatic rings. The Kier molecular flexibility index (Phi) is 6.58. The van der Waals surface area contributed by atoms with Crippen molar-refractivity contribution in [2.24, 2.45) is 5.41 Å². The van der Waals surface area contributed by atoms with Gasteiger partial charge in [-0.15, -0.1) is 0 Å². The van der Waals surface area contributed by atoms with E-state index in [4.69, 9.17) is 34.2 Å². The molecule has 0 saturated carbocycles. The molecule has 0 spiro atoms. The minimum atomic E-state index is -2.00. The number of hydrogen-bond donors (Lipinski definition) is 1. The lowest BCUT2D eigenvalue weighted by Crippen LogP contribution is -2.45. The molecule has 0 aromatic carbocycles. The number of fused-ring (bicyclic) bond motifs is 2. The van der Waals surface area contributed by atoms with Crippen molar-refractivity contribution in [1.82, 2.24) is 14.6 Å². The van der Waals surface area contributed by atoms with Crippen LogP contribution in [0.25, 0.3) is 5.52 Å². The minimum absolute atomic E-state index is 0.0833. The SMILES string of the molecule is CC1(C)CC(=O)O[C@H]2[C@@H](OC(=O)C1)[C@](C#N)(c1ccc3c(N)ncnn13)O[C@@H]2COC(=O)OC1CCOC1. The van der Waals surface area contributed by atoms with Crippen LogP contribution >= 0.6 is 0 Å². The lowest BCUT2D eigenvalue weighted by molar-refractivity contribution is -0.166. The highest BCUT2D eigenvalue weighted by molar-refractivity contribution is 5.75. The average molecular weight is 530 g/mol. The molecule has 38 heavy (non-hydrogen) atoms. The number of rotatable bonds is 4. The monoisotopic (exact) mass is 529 g/mol. The predicted octanol–water partition coefficient (Wildman–Crippen LogP) is 1.01. The van der Waals surface area contributed by atoms with Crippen LogP contribution < -0.4 is 5.73 Å². The van der Waals surface area contributed by atoms with Gasteiger partial charge in [0.25, 0.3) is 0 Å². The molecule has 2 aromatic heterocycles. The van der Waals surface area contributed by atoms with E-state index in [-0.39, 0.29) is 31.0 Å². The van der Waals surface area contributed by atoms with Crippen LogP contribution in [0, 0.1) is 16.7 Å². The Labute approximate surface area is 216 Å². The van der Waals surface area contributed by atoms with Crippen LogP contribution in [0.4, 0.5) is 10.6 Å².